The van der Waals surface area contributed by atoms with Crippen molar-refractivity contribution >= 4 is 19.8 Å². The molecule has 0 aliphatic carbocycles. The fraction of sp³-hybridized carbons (Fsp3) is 0.854. The Bertz CT molecular complexity index is 897. The predicted octanol–water partition coefficient (Wildman–Crippen LogP) is 11.6. The number of phosphoric acid groups is 1. The molecule has 9 nitrogen and oxygen atoms in total. The lowest BCUT2D eigenvalue weighted by Crippen LogP contribution is -2.29. The van der Waals surface area contributed by atoms with Gasteiger partial charge >= 0.3 is 19.8 Å². The van der Waals surface area contributed by atoms with Gasteiger partial charge in [0.2, 0.25) is 0 Å². The highest BCUT2D eigenvalue weighted by molar-refractivity contribution is 7.47. The van der Waals surface area contributed by atoms with Gasteiger partial charge in [-0.05, 0) is 64.2 Å². The lowest BCUT2D eigenvalue weighted by Gasteiger charge is -2.19. The molecular formula is C41H78NO8P. The number of carbonyl (C=O) groups is 2. The molecule has 0 rings (SSSR count). The molecule has 0 bridgehead atoms. The Morgan fingerprint density at radius 3 is 1.41 bits per heavy atom. The second kappa shape index (κ2) is 38.2. The molecule has 0 saturated carbocycles. The molecule has 0 amide bonds. The number of allylic oxidation sites excluding steroid dienone is 4. The van der Waals surface area contributed by atoms with E-state index in [4.69, 9.17) is 24.3 Å². The summed E-state index contributed by atoms with van der Waals surface area (Å²) in [5, 5.41) is 0. The number of nitrogens with two attached hydrogens (primary N) is 1. The second-order valence-corrected chi connectivity index (χ2v) is 15.3. The molecule has 300 valence electrons. The minimum absolute atomic E-state index is 0.0524. The first-order valence-electron chi connectivity index (χ1n) is 20.8. The van der Waals surface area contributed by atoms with Crippen LogP contribution in [0.25, 0.3) is 0 Å². The summed E-state index contributed by atoms with van der Waals surface area (Å²) in [7, 11) is -4.37. The fourth-order valence-corrected chi connectivity index (χ4v) is 6.45. The third-order valence-corrected chi connectivity index (χ3v) is 9.79. The summed E-state index contributed by atoms with van der Waals surface area (Å²) in [6.07, 6.45) is 39.1. The van der Waals surface area contributed by atoms with E-state index in [0.29, 0.717) is 6.42 Å². The average molecular weight is 744 g/mol. The molecule has 2 atom stereocenters. The summed E-state index contributed by atoms with van der Waals surface area (Å²) < 4.78 is 32.7. The second-order valence-electron chi connectivity index (χ2n) is 13.8. The molecule has 3 N–H and O–H groups in total. The quantitative estimate of drug-likeness (QED) is 0.0273. The Kier molecular flexibility index (Phi) is 37.1. The zero-order valence-corrected chi connectivity index (χ0v) is 33.7. The lowest BCUT2D eigenvalue weighted by molar-refractivity contribution is -0.161. The molecule has 0 spiro atoms. The lowest BCUT2D eigenvalue weighted by atomic mass is 10.1. The number of esters is 2. The first-order chi connectivity index (χ1) is 24.8. The number of rotatable bonds is 39. The Morgan fingerprint density at radius 1 is 0.569 bits per heavy atom. The molecule has 2 unspecified atom stereocenters. The molecule has 0 aliphatic heterocycles. The molecule has 0 aromatic rings. The van der Waals surface area contributed by atoms with Gasteiger partial charge in [0.05, 0.1) is 13.2 Å². The standard InChI is InChI=1S/C41H78NO8P/c1-3-5-7-9-11-13-15-17-19-21-23-25-27-29-31-33-40(43)47-37-39(38-49-51(45,46)48-36-35-42)50-41(44)34-32-30-28-26-24-22-20-18-16-14-12-10-8-6-4-2/h13,15,18,20,39H,3-12,14,16-17,19,21-38,42H2,1-2H3,(H,45,46)/b15-13-,20-18-. The van der Waals surface area contributed by atoms with Gasteiger partial charge in [0.15, 0.2) is 6.10 Å². The van der Waals surface area contributed by atoms with Crippen molar-refractivity contribution in [3.05, 3.63) is 24.3 Å². The van der Waals surface area contributed by atoms with E-state index in [9.17, 15) is 19.0 Å². The Morgan fingerprint density at radius 2 is 0.961 bits per heavy atom. The van der Waals surface area contributed by atoms with Gasteiger partial charge in [0.25, 0.3) is 0 Å². The largest absolute Gasteiger partial charge is 0.472 e. The van der Waals surface area contributed by atoms with Crippen LogP contribution in [0.15, 0.2) is 24.3 Å². The third-order valence-electron chi connectivity index (χ3n) is 8.81. The minimum Gasteiger partial charge on any atom is -0.462 e. The number of phosphoric ester groups is 1. The van der Waals surface area contributed by atoms with Gasteiger partial charge in [0.1, 0.15) is 6.61 Å². The molecule has 51 heavy (non-hydrogen) atoms. The van der Waals surface area contributed by atoms with Crippen LogP contribution in [0.1, 0.15) is 194 Å². The maximum atomic E-state index is 12.5. The smallest absolute Gasteiger partial charge is 0.462 e. The minimum atomic E-state index is -4.37. The highest BCUT2D eigenvalue weighted by Gasteiger charge is 2.26. The average Bonchev–Trinajstić information content (AvgIpc) is 3.11. The molecule has 0 fully saturated rings. The SMILES string of the molecule is CCCCCC/C=C\CCCCCCCCCC(=O)OCC(COP(=O)(O)OCCN)OC(=O)CCCCCCC/C=C\CCCCCCCC. The zero-order valence-electron chi connectivity index (χ0n) is 32.8. The van der Waals surface area contributed by atoms with Crippen LogP contribution in [-0.4, -0.2) is 49.3 Å². The summed E-state index contributed by atoms with van der Waals surface area (Å²) in [6.45, 7) is 3.70. The van der Waals surface area contributed by atoms with Gasteiger partial charge in [-0.25, -0.2) is 4.57 Å². The topological polar surface area (TPSA) is 134 Å². The van der Waals surface area contributed by atoms with E-state index < -0.39 is 26.5 Å². The molecule has 0 aromatic carbocycles. The van der Waals surface area contributed by atoms with E-state index in [1.165, 1.54) is 96.3 Å². The van der Waals surface area contributed by atoms with Crippen LogP contribution < -0.4 is 5.73 Å². The van der Waals surface area contributed by atoms with E-state index in [-0.39, 0.29) is 38.6 Å². The van der Waals surface area contributed by atoms with E-state index >= 15 is 0 Å². The maximum absolute atomic E-state index is 12.5. The number of hydrogen-bond acceptors (Lipinski definition) is 8. The predicted molar refractivity (Wildman–Crippen MR) is 211 cm³/mol. The first-order valence-corrected chi connectivity index (χ1v) is 22.3. The fourth-order valence-electron chi connectivity index (χ4n) is 5.68. The highest BCUT2D eigenvalue weighted by atomic mass is 31.2. The summed E-state index contributed by atoms with van der Waals surface area (Å²) >= 11 is 0. The van der Waals surface area contributed by atoms with Gasteiger partial charge in [-0.2, -0.15) is 0 Å². The van der Waals surface area contributed by atoms with Crippen LogP contribution in [0.3, 0.4) is 0 Å². The van der Waals surface area contributed by atoms with E-state index in [1.54, 1.807) is 0 Å². The summed E-state index contributed by atoms with van der Waals surface area (Å²) in [5.74, 6) is -0.840. The van der Waals surface area contributed by atoms with Crippen molar-refractivity contribution in [1.29, 1.82) is 0 Å². The maximum Gasteiger partial charge on any atom is 0.472 e. The van der Waals surface area contributed by atoms with Crippen LogP contribution in [0.4, 0.5) is 0 Å². The monoisotopic (exact) mass is 744 g/mol. The van der Waals surface area contributed by atoms with Crippen LogP contribution in [0.2, 0.25) is 0 Å². The molecule has 0 aliphatic rings. The van der Waals surface area contributed by atoms with Crippen LogP contribution in [0, 0.1) is 0 Å². The van der Waals surface area contributed by atoms with Crippen molar-refractivity contribution < 1.29 is 37.6 Å². The van der Waals surface area contributed by atoms with Gasteiger partial charge in [-0.3, -0.25) is 18.6 Å². The molecule has 0 heterocycles. The van der Waals surface area contributed by atoms with Gasteiger partial charge in [-0.1, -0.05) is 141 Å². The van der Waals surface area contributed by atoms with Gasteiger partial charge in [0, 0.05) is 19.4 Å². The van der Waals surface area contributed by atoms with Crippen LogP contribution in [0.5, 0.6) is 0 Å². The van der Waals surface area contributed by atoms with E-state index in [0.717, 1.165) is 64.2 Å². The Balaban J connectivity index is 4.19. The van der Waals surface area contributed by atoms with Crippen molar-refractivity contribution in [2.45, 2.75) is 200 Å². The molecular weight excluding hydrogens is 665 g/mol. The first kappa shape index (κ1) is 49.5. The highest BCUT2D eigenvalue weighted by Crippen LogP contribution is 2.43. The van der Waals surface area contributed by atoms with Crippen molar-refractivity contribution in [3.8, 4) is 0 Å². The molecule has 0 aromatic heterocycles. The normalized spacial score (nSPS) is 13.6. The number of hydrogen-bond donors (Lipinski definition) is 2. The van der Waals surface area contributed by atoms with Crippen molar-refractivity contribution in [2.24, 2.45) is 5.73 Å². The van der Waals surface area contributed by atoms with Crippen molar-refractivity contribution in [3.63, 3.8) is 0 Å². The summed E-state index contributed by atoms with van der Waals surface area (Å²) in [6, 6.07) is 0. The number of unbranched alkanes of at least 4 members (excludes halogenated alkanes) is 22. The third kappa shape index (κ3) is 38.0. The summed E-state index contributed by atoms with van der Waals surface area (Å²) in [5.41, 5.74) is 5.34. The van der Waals surface area contributed by atoms with Crippen LogP contribution >= 0.6 is 7.82 Å². The Labute approximate surface area is 312 Å². The van der Waals surface area contributed by atoms with E-state index in [2.05, 4.69) is 38.2 Å². The van der Waals surface area contributed by atoms with Crippen molar-refractivity contribution in [1.82, 2.24) is 0 Å². The molecule has 0 saturated heterocycles. The van der Waals surface area contributed by atoms with Crippen LogP contribution in [-0.2, 0) is 32.7 Å². The number of ether oxygens (including phenoxy) is 2. The van der Waals surface area contributed by atoms with Gasteiger partial charge < -0.3 is 20.1 Å². The van der Waals surface area contributed by atoms with E-state index in [1.807, 2.05) is 0 Å². The number of carbonyl (C=O) groups excluding carboxylic acids is 2. The Hall–Kier alpha value is -1.51. The molecule has 0 radical (unpaired) electrons. The van der Waals surface area contributed by atoms with Crippen molar-refractivity contribution in [2.75, 3.05) is 26.4 Å². The molecule has 10 heteroatoms. The zero-order chi connectivity index (χ0) is 37.5. The summed E-state index contributed by atoms with van der Waals surface area (Å²) in [4.78, 5) is 34.8. The van der Waals surface area contributed by atoms with Gasteiger partial charge in [-0.15, -0.1) is 0 Å².